The van der Waals surface area contributed by atoms with E-state index in [0.29, 0.717) is 11.4 Å². The lowest BCUT2D eigenvalue weighted by Gasteiger charge is -2.13. The van der Waals surface area contributed by atoms with Gasteiger partial charge in [-0.15, -0.1) is 0 Å². The first kappa shape index (κ1) is 11.2. The number of halogens is 1. The van der Waals surface area contributed by atoms with E-state index in [1.54, 1.807) is 30.2 Å². The van der Waals surface area contributed by atoms with E-state index < -0.39 is 0 Å². The summed E-state index contributed by atoms with van der Waals surface area (Å²) in [5, 5.41) is 0.246. The average Bonchev–Trinajstić information content (AvgIpc) is 2.81. The smallest absolute Gasteiger partial charge is 0.140 e. The molecule has 0 bridgehead atoms. The van der Waals surface area contributed by atoms with Crippen molar-refractivity contribution in [3.63, 3.8) is 0 Å². The second kappa shape index (κ2) is 4.70. The van der Waals surface area contributed by atoms with Crippen LogP contribution in [0, 0.1) is 5.82 Å². The Balaban J connectivity index is 2.58. The van der Waals surface area contributed by atoms with Crippen LogP contribution in [0.5, 0.6) is 0 Å². The maximum absolute atomic E-state index is 13.8. The number of rotatable bonds is 3. The summed E-state index contributed by atoms with van der Waals surface area (Å²) in [5.41, 5.74) is 1.55. The number of thioether (sulfide) groups is 1. The number of hydrogen-bond donors (Lipinski definition) is 1. The highest BCUT2D eigenvalue weighted by Crippen LogP contribution is 2.34. The van der Waals surface area contributed by atoms with E-state index >= 15 is 0 Å². The molecule has 0 amide bonds. The minimum Gasteiger partial charge on any atom is -0.345 e. The molecule has 0 aliphatic carbocycles. The maximum Gasteiger partial charge on any atom is 0.140 e. The number of H-pyrrole nitrogens is 1. The Hall–Kier alpha value is -1.29. The zero-order valence-corrected chi connectivity index (χ0v) is 10.0. The molecule has 4 heteroatoms. The van der Waals surface area contributed by atoms with E-state index in [2.05, 4.69) is 16.9 Å². The molecule has 1 aromatic heterocycles. The van der Waals surface area contributed by atoms with Gasteiger partial charge in [0.1, 0.15) is 11.6 Å². The third-order valence-electron chi connectivity index (χ3n) is 2.57. The first-order valence-corrected chi connectivity index (χ1v) is 6.33. The number of benzene rings is 1. The lowest BCUT2D eigenvalue weighted by molar-refractivity contribution is 0.628. The summed E-state index contributed by atoms with van der Waals surface area (Å²) in [6, 6.07) is 5.15. The van der Waals surface area contributed by atoms with Crippen molar-refractivity contribution in [3.05, 3.63) is 42.0 Å². The third kappa shape index (κ3) is 1.97. The second-order valence-electron chi connectivity index (χ2n) is 3.52. The fourth-order valence-electron chi connectivity index (χ4n) is 1.66. The van der Waals surface area contributed by atoms with Crippen LogP contribution in [0.3, 0.4) is 0 Å². The zero-order valence-electron chi connectivity index (χ0n) is 9.20. The van der Waals surface area contributed by atoms with Gasteiger partial charge >= 0.3 is 0 Å². The van der Waals surface area contributed by atoms with E-state index in [1.807, 2.05) is 12.3 Å². The van der Waals surface area contributed by atoms with E-state index in [9.17, 15) is 4.39 Å². The molecule has 0 saturated heterocycles. The van der Waals surface area contributed by atoms with Gasteiger partial charge in [0.05, 0.1) is 5.56 Å². The van der Waals surface area contributed by atoms with Crippen LogP contribution < -0.4 is 0 Å². The van der Waals surface area contributed by atoms with Gasteiger partial charge in [-0.1, -0.05) is 12.1 Å². The van der Waals surface area contributed by atoms with Crippen molar-refractivity contribution in [1.82, 2.24) is 9.97 Å². The maximum atomic E-state index is 13.8. The van der Waals surface area contributed by atoms with Crippen LogP contribution in [-0.4, -0.2) is 16.2 Å². The predicted octanol–water partition coefficient (Wildman–Crippen LogP) is 3.64. The van der Waals surface area contributed by atoms with Crippen LogP contribution in [0.1, 0.15) is 17.7 Å². The Labute approximate surface area is 98.3 Å². The molecule has 0 aliphatic rings. The molecule has 1 N–H and O–H groups in total. The van der Waals surface area contributed by atoms with Crippen LogP contribution in [0.25, 0.3) is 11.4 Å². The van der Waals surface area contributed by atoms with Gasteiger partial charge in [0.25, 0.3) is 0 Å². The molecule has 16 heavy (non-hydrogen) atoms. The van der Waals surface area contributed by atoms with E-state index in [1.165, 1.54) is 6.07 Å². The summed E-state index contributed by atoms with van der Waals surface area (Å²) in [5.74, 6) is 0.363. The summed E-state index contributed by atoms with van der Waals surface area (Å²) >= 11 is 1.69. The summed E-state index contributed by atoms with van der Waals surface area (Å²) < 4.78 is 13.8. The van der Waals surface area contributed by atoms with Crippen LogP contribution in [0.2, 0.25) is 0 Å². The van der Waals surface area contributed by atoms with Crippen LogP contribution in [-0.2, 0) is 0 Å². The number of aromatic nitrogens is 2. The molecule has 0 radical (unpaired) electrons. The standard InChI is InChI=1S/C12H13FN2S/c1-8(16-2)9-4-3-5-10(13)11(9)12-14-6-7-15-12/h3-8H,1-2H3,(H,14,15). The SMILES string of the molecule is CSC(C)c1cccc(F)c1-c1ncc[nH]1. The van der Waals surface area contributed by atoms with Gasteiger partial charge in [0.15, 0.2) is 0 Å². The number of nitrogens with zero attached hydrogens (tertiary/aromatic N) is 1. The Morgan fingerprint density at radius 2 is 2.25 bits per heavy atom. The first-order valence-electron chi connectivity index (χ1n) is 5.05. The minimum atomic E-state index is -0.228. The highest BCUT2D eigenvalue weighted by atomic mass is 32.2. The Morgan fingerprint density at radius 1 is 1.44 bits per heavy atom. The van der Waals surface area contributed by atoms with Crippen molar-refractivity contribution >= 4 is 11.8 Å². The van der Waals surface area contributed by atoms with E-state index in [4.69, 9.17) is 0 Å². The molecule has 0 saturated carbocycles. The Kier molecular flexibility index (Phi) is 3.29. The van der Waals surface area contributed by atoms with Crippen LogP contribution in [0.15, 0.2) is 30.6 Å². The van der Waals surface area contributed by atoms with E-state index in [0.717, 1.165) is 5.56 Å². The van der Waals surface area contributed by atoms with Gasteiger partial charge in [-0.2, -0.15) is 11.8 Å². The molecule has 0 fully saturated rings. The molecule has 0 spiro atoms. The number of nitrogens with one attached hydrogen (secondary N) is 1. The van der Waals surface area contributed by atoms with Crippen molar-refractivity contribution in [3.8, 4) is 11.4 Å². The van der Waals surface area contributed by atoms with E-state index in [-0.39, 0.29) is 11.1 Å². The van der Waals surface area contributed by atoms with Gasteiger partial charge < -0.3 is 4.98 Å². The number of hydrogen-bond acceptors (Lipinski definition) is 2. The topological polar surface area (TPSA) is 28.7 Å². The lowest BCUT2D eigenvalue weighted by Crippen LogP contribution is -1.97. The van der Waals surface area contributed by atoms with Crippen molar-refractivity contribution in [2.75, 3.05) is 6.26 Å². The summed E-state index contributed by atoms with van der Waals surface area (Å²) in [7, 11) is 0. The van der Waals surface area contributed by atoms with Crippen molar-refractivity contribution in [2.24, 2.45) is 0 Å². The molecule has 0 aliphatic heterocycles. The number of imidazole rings is 1. The van der Waals surface area contributed by atoms with Gasteiger partial charge in [-0.25, -0.2) is 9.37 Å². The molecule has 1 atom stereocenters. The summed E-state index contributed by atoms with van der Waals surface area (Å²) in [4.78, 5) is 7.07. The van der Waals surface area contributed by atoms with Crippen molar-refractivity contribution in [2.45, 2.75) is 12.2 Å². The van der Waals surface area contributed by atoms with Gasteiger partial charge in [-0.3, -0.25) is 0 Å². The average molecular weight is 236 g/mol. The largest absolute Gasteiger partial charge is 0.345 e. The molecule has 2 rings (SSSR count). The molecule has 1 heterocycles. The highest BCUT2D eigenvalue weighted by Gasteiger charge is 2.16. The third-order valence-corrected chi connectivity index (χ3v) is 3.53. The van der Waals surface area contributed by atoms with Crippen molar-refractivity contribution in [1.29, 1.82) is 0 Å². The Bertz CT molecular complexity index is 468. The first-order chi connectivity index (χ1) is 7.74. The summed E-state index contributed by atoms with van der Waals surface area (Å²) in [6.07, 6.45) is 5.35. The van der Waals surface area contributed by atoms with Crippen molar-refractivity contribution < 1.29 is 4.39 Å². The molecule has 2 aromatic rings. The normalized spacial score (nSPS) is 12.7. The quantitative estimate of drug-likeness (QED) is 0.881. The molecule has 1 aromatic carbocycles. The molecule has 2 nitrogen and oxygen atoms in total. The molecular weight excluding hydrogens is 223 g/mol. The monoisotopic (exact) mass is 236 g/mol. The van der Waals surface area contributed by atoms with Gasteiger partial charge in [-0.05, 0) is 24.8 Å². The summed E-state index contributed by atoms with van der Waals surface area (Å²) in [6.45, 7) is 2.06. The van der Waals surface area contributed by atoms with Crippen LogP contribution in [0.4, 0.5) is 4.39 Å². The molecule has 84 valence electrons. The fraction of sp³-hybridized carbons (Fsp3) is 0.250. The van der Waals surface area contributed by atoms with Gasteiger partial charge in [0.2, 0.25) is 0 Å². The molecular formula is C12H13FN2S. The highest BCUT2D eigenvalue weighted by molar-refractivity contribution is 7.98. The lowest BCUT2D eigenvalue weighted by atomic mass is 10.0. The van der Waals surface area contributed by atoms with Gasteiger partial charge in [0, 0.05) is 17.6 Å². The molecule has 1 unspecified atom stereocenters. The zero-order chi connectivity index (χ0) is 11.5. The minimum absolute atomic E-state index is 0.228. The number of aromatic amines is 1. The predicted molar refractivity (Wildman–Crippen MR) is 65.9 cm³/mol. The fourth-order valence-corrected chi connectivity index (χ4v) is 2.11. The Morgan fingerprint density at radius 3 is 2.88 bits per heavy atom. The second-order valence-corrected chi connectivity index (χ2v) is 4.70. The van der Waals surface area contributed by atoms with Crippen LogP contribution >= 0.6 is 11.8 Å².